The summed E-state index contributed by atoms with van der Waals surface area (Å²) in [5, 5.41) is 13.9. The number of hydrogen-bond acceptors (Lipinski definition) is 7. The van der Waals surface area contributed by atoms with Gasteiger partial charge in [0.15, 0.2) is 0 Å². The van der Waals surface area contributed by atoms with Gasteiger partial charge in [-0.05, 0) is 51.7 Å². The third-order valence-corrected chi connectivity index (χ3v) is 6.62. The second-order valence-electron chi connectivity index (χ2n) is 8.95. The summed E-state index contributed by atoms with van der Waals surface area (Å²) in [7, 11) is 0. The molecule has 8 nitrogen and oxygen atoms in total. The number of carbonyl (C=O) groups excluding carboxylic acids is 1. The molecule has 4 heterocycles. The Hall–Kier alpha value is -3.54. The van der Waals surface area contributed by atoms with E-state index in [2.05, 4.69) is 33.3 Å². The molecule has 2 aliphatic rings. The van der Waals surface area contributed by atoms with Crippen molar-refractivity contribution in [2.75, 3.05) is 18.4 Å². The number of aryl methyl sites for hydroxylation is 1. The van der Waals surface area contributed by atoms with Crippen molar-refractivity contribution >= 4 is 22.8 Å². The molecule has 3 aromatic rings. The first-order chi connectivity index (χ1) is 15.3. The zero-order valence-electron chi connectivity index (χ0n) is 18.0. The summed E-state index contributed by atoms with van der Waals surface area (Å²) in [4.78, 5) is 27.8. The summed E-state index contributed by atoms with van der Waals surface area (Å²) in [6.45, 7) is 4.56. The van der Waals surface area contributed by atoms with Crippen LogP contribution in [0.15, 0.2) is 28.9 Å². The zero-order chi connectivity index (χ0) is 22.5. The van der Waals surface area contributed by atoms with Crippen LogP contribution < -0.4 is 5.32 Å². The van der Waals surface area contributed by atoms with E-state index in [1.165, 1.54) is 12.4 Å². The van der Waals surface area contributed by atoms with Crippen LogP contribution in [0, 0.1) is 24.2 Å². The van der Waals surface area contributed by atoms with Crippen LogP contribution in [0.2, 0.25) is 0 Å². The molecule has 3 aromatic heterocycles. The lowest BCUT2D eigenvalue weighted by molar-refractivity contribution is 0.0690. The van der Waals surface area contributed by atoms with E-state index >= 15 is 0 Å². The number of halogens is 1. The van der Waals surface area contributed by atoms with Crippen LogP contribution in [-0.2, 0) is 5.41 Å². The number of likely N-dealkylation sites (tertiary alicyclic amines) is 1. The largest absolute Gasteiger partial charge is 0.442 e. The number of hydrogen-bond donors (Lipinski definition) is 1. The highest BCUT2D eigenvalue weighted by Crippen LogP contribution is 2.41. The smallest absolute Gasteiger partial charge is 0.258 e. The molecule has 1 saturated heterocycles. The van der Waals surface area contributed by atoms with E-state index in [1.54, 1.807) is 24.0 Å². The van der Waals surface area contributed by atoms with Gasteiger partial charge in [-0.1, -0.05) is 6.07 Å². The molecular weight excluding hydrogens is 411 g/mol. The van der Waals surface area contributed by atoms with Gasteiger partial charge in [0.05, 0.1) is 22.7 Å². The minimum Gasteiger partial charge on any atom is -0.442 e. The molecule has 0 spiro atoms. The van der Waals surface area contributed by atoms with Gasteiger partial charge < -0.3 is 14.6 Å². The Kier molecular flexibility index (Phi) is 4.62. The zero-order valence-corrected chi connectivity index (χ0v) is 18.0. The lowest BCUT2D eigenvalue weighted by atomic mass is 9.76. The van der Waals surface area contributed by atoms with Crippen molar-refractivity contribution in [3.05, 3.63) is 47.5 Å². The van der Waals surface area contributed by atoms with Crippen molar-refractivity contribution in [1.82, 2.24) is 19.9 Å². The van der Waals surface area contributed by atoms with Gasteiger partial charge in [0.1, 0.15) is 23.3 Å². The van der Waals surface area contributed by atoms with Crippen molar-refractivity contribution in [1.29, 1.82) is 5.26 Å². The summed E-state index contributed by atoms with van der Waals surface area (Å²) < 4.78 is 19.4. The summed E-state index contributed by atoms with van der Waals surface area (Å²) in [6, 6.07) is 6.81. The number of rotatable bonds is 4. The third kappa shape index (κ3) is 3.36. The molecule has 1 amide bonds. The molecule has 5 rings (SSSR count). The van der Waals surface area contributed by atoms with E-state index < -0.39 is 11.4 Å². The third-order valence-electron chi connectivity index (χ3n) is 6.62. The number of anilines is 1. The van der Waals surface area contributed by atoms with E-state index in [-0.39, 0.29) is 11.4 Å². The van der Waals surface area contributed by atoms with Crippen LogP contribution in [0.3, 0.4) is 0 Å². The lowest BCUT2D eigenvalue weighted by Crippen LogP contribution is -2.45. The Morgan fingerprint density at radius 2 is 2.00 bits per heavy atom. The van der Waals surface area contributed by atoms with Crippen molar-refractivity contribution < 1.29 is 13.6 Å². The Morgan fingerprint density at radius 1 is 1.25 bits per heavy atom. The number of nitrogens with one attached hydrogen (secondary N) is 1. The fraction of sp³-hybridized carbons (Fsp3) is 0.435. The van der Waals surface area contributed by atoms with E-state index in [4.69, 9.17) is 4.42 Å². The van der Waals surface area contributed by atoms with Gasteiger partial charge in [-0.3, -0.25) is 4.79 Å². The van der Waals surface area contributed by atoms with Crippen LogP contribution in [0.25, 0.3) is 11.1 Å². The Morgan fingerprint density at radius 3 is 2.66 bits per heavy atom. The van der Waals surface area contributed by atoms with Gasteiger partial charge >= 0.3 is 0 Å². The fourth-order valence-corrected chi connectivity index (χ4v) is 4.34. The maximum atomic E-state index is 13.7. The fourth-order valence-electron chi connectivity index (χ4n) is 4.34. The maximum Gasteiger partial charge on any atom is 0.258 e. The molecular formula is C23H23FN6O2. The van der Waals surface area contributed by atoms with Crippen LogP contribution >= 0.6 is 0 Å². The van der Waals surface area contributed by atoms with Gasteiger partial charge in [-0.2, -0.15) is 9.65 Å². The van der Waals surface area contributed by atoms with Gasteiger partial charge in [-0.15, -0.1) is 0 Å². The Labute approximate surface area is 184 Å². The molecule has 0 bridgehead atoms. The average Bonchev–Trinajstić information content (AvgIpc) is 3.41. The molecule has 2 fully saturated rings. The highest BCUT2D eigenvalue weighted by molar-refractivity contribution is 6.10. The first-order valence-corrected chi connectivity index (χ1v) is 10.7. The van der Waals surface area contributed by atoms with Crippen molar-refractivity contribution in [2.45, 2.75) is 50.5 Å². The monoisotopic (exact) mass is 434 g/mol. The molecule has 0 aromatic carbocycles. The van der Waals surface area contributed by atoms with Gasteiger partial charge in [0.25, 0.3) is 5.91 Å². The number of carbonyl (C=O) groups is 1. The average molecular weight is 434 g/mol. The van der Waals surface area contributed by atoms with Crippen LogP contribution in [0.4, 0.5) is 10.2 Å². The number of amides is 1. The molecule has 1 N–H and O–H groups in total. The predicted octanol–water partition coefficient (Wildman–Crippen LogP) is 3.73. The number of pyridine rings is 1. The van der Waals surface area contributed by atoms with Crippen LogP contribution in [0.1, 0.15) is 54.4 Å². The lowest BCUT2D eigenvalue weighted by Gasteiger charge is -2.36. The van der Waals surface area contributed by atoms with E-state index in [0.717, 1.165) is 12.8 Å². The first-order valence-electron chi connectivity index (χ1n) is 10.7. The highest BCUT2D eigenvalue weighted by Gasteiger charge is 2.41. The SMILES string of the molecule is Cc1oc2ncnc(NC3(C)CC3)c2c1C(=O)N1CCC(C#N)(c2cccc(F)n2)CC1. The Balaban J connectivity index is 1.43. The summed E-state index contributed by atoms with van der Waals surface area (Å²) in [6.07, 6.45) is 4.26. The van der Waals surface area contributed by atoms with E-state index in [9.17, 15) is 14.4 Å². The van der Waals surface area contributed by atoms with Crippen LogP contribution in [0.5, 0.6) is 0 Å². The maximum absolute atomic E-state index is 13.7. The minimum absolute atomic E-state index is 0.0255. The van der Waals surface area contributed by atoms with Gasteiger partial charge in [0, 0.05) is 18.6 Å². The van der Waals surface area contributed by atoms with E-state index in [1.807, 2.05) is 0 Å². The van der Waals surface area contributed by atoms with Crippen molar-refractivity contribution in [3.63, 3.8) is 0 Å². The van der Waals surface area contributed by atoms with Crippen LogP contribution in [-0.4, -0.2) is 44.4 Å². The highest BCUT2D eigenvalue weighted by atomic mass is 19.1. The molecule has 9 heteroatoms. The topological polar surface area (TPSA) is 108 Å². The minimum atomic E-state index is -0.914. The second kappa shape index (κ2) is 7.26. The van der Waals surface area contributed by atoms with Crippen molar-refractivity contribution in [3.8, 4) is 6.07 Å². The second-order valence-corrected chi connectivity index (χ2v) is 8.95. The number of aromatic nitrogens is 3. The summed E-state index contributed by atoms with van der Waals surface area (Å²) >= 11 is 0. The molecule has 0 unspecified atom stereocenters. The van der Waals surface area contributed by atoms with E-state index in [0.29, 0.717) is 59.9 Å². The first kappa shape index (κ1) is 20.4. The number of nitriles is 1. The number of piperidine rings is 1. The summed E-state index contributed by atoms with van der Waals surface area (Å²) in [5.74, 6) is 0.292. The molecule has 0 atom stereocenters. The number of fused-ring (bicyclic) bond motifs is 1. The molecule has 1 saturated carbocycles. The van der Waals surface area contributed by atoms with Gasteiger partial charge in [-0.25, -0.2) is 15.0 Å². The summed E-state index contributed by atoms with van der Waals surface area (Å²) in [5.41, 5.74) is 0.292. The predicted molar refractivity (Wildman–Crippen MR) is 114 cm³/mol. The normalized spacial score (nSPS) is 18.9. The quantitative estimate of drug-likeness (QED) is 0.623. The van der Waals surface area contributed by atoms with Gasteiger partial charge in [0.2, 0.25) is 11.7 Å². The molecule has 164 valence electrons. The number of nitrogens with zero attached hydrogens (tertiary/aromatic N) is 5. The number of furan rings is 1. The standard InChI is InChI=1S/C23H23FN6O2/c1-14-17(18-19(29-22(2)6-7-22)26-13-27-20(18)32-14)21(31)30-10-8-23(12-25,9-11-30)15-4-3-5-16(24)28-15/h3-5,13H,6-11H2,1-2H3,(H,26,27,29). The molecule has 1 aliphatic carbocycles. The Bertz CT molecular complexity index is 1250. The molecule has 32 heavy (non-hydrogen) atoms. The molecule has 1 aliphatic heterocycles. The van der Waals surface area contributed by atoms with Crippen molar-refractivity contribution in [2.24, 2.45) is 0 Å². The molecule has 0 radical (unpaired) electrons.